The van der Waals surface area contributed by atoms with E-state index in [4.69, 9.17) is 0 Å². The highest BCUT2D eigenvalue weighted by molar-refractivity contribution is 5.33. The molecule has 0 fully saturated rings. The second-order valence-corrected chi connectivity index (χ2v) is 7.52. The molecule has 1 aromatic carbocycles. The number of hydrogen-bond acceptors (Lipinski definition) is 0. The van der Waals surface area contributed by atoms with E-state index in [9.17, 15) is 4.39 Å². The van der Waals surface area contributed by atoms with E-state index in [1.165, 1.54) is 16.7 Å². The fourth-order valence-electron chi connectivity index (χ4n) is 4.24. The largest absolute Gasteiger partial charge is 0.251 e. The van der Waals surface area contributed by atoms with E-state index in [1.807, 2.05) is 0 Å². The lowest BCUT2D eigenvalue weighted by Gasteiger charge is -2.34. The van der Waals surface area contributed by atoms with Crippen LogP contribution in [0.1, 0.15) is 70.4 Å². The Balaban J connectivity index is 3.21. The minimum atomic E-state index is -0.203. The summed E-state index contributed by atoms with van der Waals surface area (Å²) in [4.78, 5) is 0. The number of halogens is 1. The Hall–Kier alpha value is -1.37. The van der Waals surface area contributed by atoms with Crippen molar-refractivity contribution in [2.75, 3.05) is 6.67 Å². The van der Waals surface area contributed by atoms with Gasteiger partial charge in [0, 0.05) is 5.92 Å². The molecule has 1 rings (SSSR count). The summed E-state index contributed by atoms with van der Waals surface area (Å²) < 4.78 is 13.0. The number of rotatable bonds is 11. The Labute approximate surface area is 155 Å². The van der Waals surface area contributed by atoms with Crippen LogP contribution in [0.15, 0.2) is 48.6 Å². The molecule has 4 atom stereocenters. The van der Waals surface area contributed by atoms with Gasteiger partial charge in [0.2, 0.25) is 0 Å². The van der Waals surface area contributed by atoms with Gasteiger partial charge in [0.1, 0.15) is 0 Å². The quantitative estimate of drug-likeness (QED) is 0.362. The van der Waals surface area contributed by atoms with Gasteiger partial charge in [-0.25, -0.2) is 0 Å². The fourth-order valence-corrected chi connectivity index (χ4v) is 4.24. The van der Waals surface area contributed by atoms with Gasteiger partial charge in [0.05, 0.1) is 6.67 Å². The van der Waals surface area contributed by atoms with Crippen molar-refractivity contribution in [3.05, 3.63) is 59.7 Å². The average molecular weight is 345 g/mol. The van der Waals surface area contributed by atoms with Crippen molar-refractivity contribution < 1.29 is 4.39 Å². The first-order valence-electron chi connectivity index (χ1n) is 9.86. The standard InChI is InChI=1S/C24H37F/c1-7-12-21(15-16-25)17-20(6)24(22(9-3)18(4)8-2)23-14-11-10-13-19(23)5/h8-11,13-14,20-22,24H,3,7,12,15-17H2,1-2,4-6H3/b18-8+. The molecule has 0 spiro atoms. The molecular weight excluding hydrogens is 307 g/mol. The van der Waals surface area contributed by atoms with Gasteiger partial charge in [-0.2, -0.15) is 0 Å². The molecule has 0 aliphatic carbocycles. The van der Waals surface area contributed by atoms with E-state index in [2.05, 4.69) is 77.6 Å². The van der Waals surface area contributed by atoms with E-state index in [1.54, 1.807) is 0 Å². The molecule has 0 bridgehead atoms. The van der Waals surface area contributed by atoms with Crippen LogP contribution < -0.4 is 0 Å². The molecule has 25 heavy (non-hydrogen) atoms. The average Bonchev–Trinajstić information content (AvgIpc) is 2.60. The molecule has 0 amide bonds. The number of allylic oxidation sites excluding steroid dienone is 3. The van der Waals surface area contributed by atoms with E-state index in [-0.39, 0.29) is 6.67 Å². The zero-order valence-electron chi connectivity index (χ0n) is 16.9. The van der Waals surface area contributed by atoms with Crippen molar-refractivity contribution in [3.63, 3.8) is 0 Å². The molecule has 0 radical (unpaired) electrons. The topological polar surface area (TPSA) is 0 Å². The second kappa shape index (κ2) is 11.3. The Morgan fingerprint density at radius 3 is 2.44 bits per heavy atom. The molecule has 1 aromatic rings. The van der Waals surface area contributed by atoms with Crippen molar-refractivity contribution in [2.24, 2.45) is 17.8 Å². The van der Waals surface area contributed by atoms with Crippen LogP contribution in [0.4, 0.5) is 4.39 Å². The van der Waals surface area contributed by atoms with Crippen molar-refractivity contribution in [2.45, 2.75) is 66.2 Å². The van der Waals surface area contributed by atoms with E-state index < -0.39 is 0 Å². The molecule has 0 N–H and O–H groups in total. The molecule has 0 saturated heterocycles. The molecule has 1 heteroatoms. The molecule has 4 unspecified atom stereocenters. The molecular formula is C24H37F. The van der Waals surface area contributed by atoms with E-state index in [0.29, 0.717) is 30.1 Å². The summed E-state index contributed by atoms with van der Waals surface area (Å²) in [5.41, 5.74) is 4.12. The first-order chi connectivity index (χ1) is 12.0. The molecule has 0 heterocycles. The predicted molar refractivity (Wildman–Crippen MR) is 110 cm³/mol. The Bertz CT molecular complexity index is 537. The predicted octanol–water partition coefficient (Wildman–Crippen LogP) is 7.65. The Morgan fingerprint density at radius 1 is 1.24 bits per heavy atom. The highest BCUT2D eigenvalue weighted by Crippen LogP contribution is 2.41. The minimum Gasteiger partial charge on any atom is -0.251 e. The van der Waals surface area contributed by atoms with Gasteiger partial charge in [-0.05, 0) is 62.5 Å². The van der Waals surface area contributed by atoms with Crippen LogP contribution in [0.25, 0.3) is 0 Å². The van der Waals surface area contributed by atoms with Crippen LogP contribution in [0.3, 0.4) is 0 Å². The lowest BCUT2D eigenvalue weighted by Crippen LogP contribution is -2.23. The van der Waals surface area contributed by atoms with Crippen LogP contribution in [0, 0.1) is 24.7 Å². The summed E-state index contributed by atoms with van der Waals surface area (Å²) in [6.45, 7) is 15.0. The second-order valence-electron chi connectivity index (χ2n) is 7.52. The van der Waals surface area contributed by atoms with Gasteiger partial charge in [0.15, 0.2) is 0 Å². The van der Waals surface area contributed by atoms with Gasteiger partial charge in [-0.1, -0.05) is 68.7 Å². The first kappa shape index (κ1) is 21.7. The third kappa shape index (κ3) is 6.13. The summed E-state index contributed by atoms with van der Waals surface area (Å²) in [7, 11) is 0. The summed E-state index contributed by atoms with van der Waals surface area (Å²) in [5, 5.41) is 0. The maximum absolute atomic E-state index is 13.0. The van der Waals surface area contributed by atoms with Gasteiger partial charge in [-0.15, -0.1) is 6.58 Å². The third-order valence-electron chi connectivity index (χ3n) is 5.70. The summed E-state index contributed by atoms with van der Waals surface area (Å²) >= 11 is 0. The van der Waals surface area contributed by atoms with Crippen molar-refractivity contribution in [1.29, 1.82) is 0 Å². The smallest absolute Gasteiger partial charge is 0.0897 e. The Morgan fingerprint density at radius 2 is 1.92 bits per heavy atom. The molecule has 0 nitrogen and oxygen atoms in total. The first-order valence-corrected chi connectivity index (χ1v) is 9.86. The van der Waals surface area contributed by atoms with Crippen molar-refractivity contribution in [1.82, 2.24) is 0 Å². The summed E-state index contributed by atoms with van der Waals surface area (Å²) in [6, 6.07) is 8.71. The van der Waals surface area contributed by atoms with Crippen molar-refractivity contribution >= 4 is 0 Å². The number of hydrogen-bond donors (Lipinski definition) is 0. The zero-order chi connectivity index (χ0) is 18.8. The maximum atomic E-state index is 13.0. The van der Waals surface area contributed by atoms with Crippen LogP contribution in [0.5, 0.6) is 0 Å². The number of alkyl halides is 1. The zero-order valence-corrected chi connectivity index (χ0v) is 16.9. The highest BCUT2D eigenvalue weighted by atomic mass is 19.1. The van der Waals surface area contributed by atoms with Crippen LogP contribution >= 0.6 is 0 Å². The molecule has 0 aromatic heterocycles. The number of benzene rings is 1. The summed E-state index contributed by atoms with van der Waals surface area (Å²) in [5.74, 6) is 1.69. The van der Waals surface area contributed by atoms with Gasteiger partial charge < -0.3 is 0 Å². The van der Waals surface area contributed by atoms with E-state index >= 15 is 0 Å². The normalized spacial score (nSPS) is 17.0. The van der Waals surface area contributed by atoms with Crippen LogP contribution in [0.2, 0.25) is 0 Å². The van der Waals surface area contributed by atoms with Gasteiger partial charge >= 0.3 is 0 Å². The highest BCUT2D eigenvalue weighted by Gasteiger charge is 2.30. The minimum absolute atomic E-state index is 0.203. The van der Waals surface area contributed by atoms with Crippen LogP contribution in [-0.4, -0.2) is 6.67 Å². The molecule has 0 aliphatic heterocycles. The molecule has 0 aliphatic rings. The van der Waals surface area contributed by atoms with Gasteiger partial charge in [0.25, 0.3) is 0 Å². The summed E-state index contributed by atoms with van der Waals surface area (Å²) in [6.07, 6.45) is 8.34. The SMILES string of the molecule is C=CC(/C(C)=C/C)C(c1ccccc1C)C(C)CC(CCC)CCF. The fraction of sp³-hybridized carbons (Fsp3) is 0.583. The van der Waals surface area contributed by atoms with Crippen molar-refractivity contribution in [3.8, 4) is 0 Å². The lowest BCUT2D eigenvalue weighted by atomic mass is 9.70. The van der Waals surface area contributed by atoms with Crippen LogP contribution in [-0.2, 0) is 0 Å². The lowest BCUT2D eigenvalue weighted by molar-refractivity contribution is 0.273. The monoisotopic (exact) mass is 344 g/mol. The number of aryl methyl sites for hydroxylation is 1. The van der Waals surface area contributed by atoms with E-state index in [0.717, 1.165) is 19.3 Å². The molecule has 0 saturated carbocycles. The maximum Gasteiger partial charge on any atom is 0.0897 e. The van der Waals surface area contributed by atoms with Gasteiger partial charge in [-0.3, -0.25) is 4.39 Å². The Kier molecular flexibility index (Phi) is 9.78. The third-order valence-corrected chi connectivity index (χ3v) is 5.70. The molecule has 140 valence electrons.